The van der Waals surface area contributed by atoms with Crippen LogP contribution in [-0.2, 0) is 9.47 Å². The lowest BCUT2D eigenvalue weighted by atomic mass is 10.0. The Morgan fingerprint density at radius 2 is 1.78 bits per heavy atom. The minimum absolute atomic E-state index is 0.206. The number of methoxy groups -OCH3 is 2. The van der Waals surface area contributed by atoms with Gasteiger partial charge in [0.05, 0.1) is 19.8 Å². The van der Waals surface area contributed by atoms with Crippen LogP contribution in [0.25, 0.3) is 0 Å². The topological polar surface area (TPSA) is 77.5 Å². The third-order valence-corrected chi connectivity index (χ3v) is 6.15. The van der Waals surface area contributed by atoms with E-state index in [1.54, 1.807) is 54.4 Å². The van der Waals surface area contributed by atoms with Gasteiger partial charge in [-0.1, -0.05) is 11.6 Å². The molecule has 3 rings (SSSR count). The molecule has 0 aromatic heterocycles. The molecule has 1 aliphatic heterocycles. The molecular weight excluding hydrogens is 496 g/mol. The zero-order valence-corrected chi connectivity index (χ0v) is 23.0. The zero-order valence-electron chi connectivity index (χ0n) is 22.3. The number of amides is 2. The molecular formula is C28H37ClN2O6. The number of nitrogens with zero attached hydrogens (tertiary/aromatic N) is 2. The van der Waals surface area contributed by atoms with Gasteiger partial charge >= 0.3 is 6.09 Å². The summed E-state index contributed by atoms with van der Waals surface area (Å²) in [7, 11) is 3.20. The first-order chi connectivity index (χ1) is 17.6. The normalized spacial score (nSPS) is 15.7. The van der Waals surface area contributed by atoms with E-state index in [4.69, 9.17) is 30.5 Å². The van der Waals surface area contributed by atoms with Crippen molar-refractivity contribution in [1.29, 1.82) is 0 Å². The van der Waals surface area contributed by atoms with Gasteiger partial charge in [0.25, 0.3) is 5.91 Å². The fraction of sp³-hybridized carbons (Fsp3) is 0.500. The maximum atomic E-state index is 14.0. The highest BCUT2D eigenvalue weighted by molar-refractivity contribution is 6.30. The van der Waals surface area contributed by atoms with Crippen molar-refractivity contribution in [3.63, 3.8) is 0 Å². The molecule has 0 unspecified atom stereocenters. The summed E-state index contributed by atoms with van der Waals surface area (Å²) in [5.41, 5.74) is 0.550. The lowest BCUT2D eigenvalue weighted by Crippen LogP contribution is -2.52. The molecule has 9 heteroatoms. The second kappa shape index (κ2) is 13.0. The molecule has 2 amide bonds. The molecule has 0 N–H and O–H groups in total. The molecule has 2 aromatic rings. The van der Waals surface area contributed by atoms with E-state index in [1.807, 2.05) is 32.9 Å². The van der Waals surface area contributed by atoms with Gasteiger partial charge in [-0.05, 0) is 76.1 Å². The molecule has 0 radical (unpaired) electrons. The van der Waals surface area contributed by atoms with Crippen molar-refractivity contribution in [3.05, 3.63) is 53.1 Å². The van der Waals surface area contributed by atoms with Crippen LogP contribution in [0.4, 0.5) is 10.5 Å². The van der Waals surface area contributed by atoms with Crippen LogP contribution in [-0.4, -0.2) is 69.1 Å². The van der Waals surface area contributed by atoms with Crippen LogP contribution >= 0.6 is 11.6 Å². The molecule has 0 spiro atoms. The van der Waals surface area contributed by atoms with E-state index in [-0.39, 0.29) is 18.0 Å². The largest absolute Gasteiger partial charge is 0.493 e. The van der Waals surface area contributed by atoms with E-state index in [2.05, 4.69) is 0 Å². The summed E-state index contributed by atoms with van der Waals surface area (Å²) in [6.45, 7) is 7.46. The predicted octanol–water partition coefficient (Wildman–Crippen LogP) is 5.81. The standard InChI is InChI=1S/C28H37ClN2O6/c1-28(2,3)37-27(33)30-15-6-8-23(19-30)31(22-12-10-21(29)11-13-22)26(32)20-9-14-24(35-5)25(18-20)36-17-7-16-34-4/h9-14,18,23H,6-8,15-17,19H2,1-5H3/t23-/m1/s1. The zero-order chi connectivity index (χ0) is 27.0. The van der Waals surface area contributed by atoms with E-state index in [9.17, 15) is 9.59 Å². The third kappa shape index (κ3) is 8.01. The summed E-state index contributed by atoms with van der Waals surface area (Å²) in [5, 5.41) is 0.575. The Morgan fingerprint density at radius 1 is 1.05 bits per heavy atom. The quantitative estimate of drug-likeness (QED) is 0.379. The van der Waals surface area contributed by atoms with Gasteiger partial charge in [0.1, 0.15) is 5.60 Å². The number of halogens is 1. The Bertz CT molecular complexity index is 1050. The Morgan fingerprint density at radius 3 is 2.43 bits per heavy atom. The van der Waals surface area contributed by atoms with Crippen LogP contribution in [0.1, 0.15) is 50.4 Å². The van der Waals surface area contributed by atoms with Gasteiger partial charge in [0.15, 0.2) is 11.5 Å². The van der Waals surface area contributed by atoms with Crippen molar-refractivity contribution < 1.29 is 28.5 Å². The van der Waals surface area contributed by atoms with Gasteiger partial charge in [-0.3, -0.25) is 4.79 Å². The van der Waals surface area contributed by atoms with E-state index in [0.29, 0.717) is 60.5 Å². The summed E-state index contributed by atoms with van der Waals surface area (Å²) in [6, 6.07) is 12.0. The first-order valence-electron chi connectivity index (χ1n) is 12.5. The van der Waals surface area contributed by atoms with Crippen molar-refractivity contribution in [1.82, 2.24) is 4.90 Å². The third-order valence-electron chi connectivity index (χ3n) is 5.90. The Hall–Kier alpha value is -2.97. The molecule has 1 saturated heterocycles. The average molecular weight is 533 g/mol. The van der Waals surface area contributed by atoms with Crippen LogP contribution in [0.5, 0.6) is 11.5 Å². The summed E-state index contributed by atoms with van der Waals surface area (Å²) >= 11 is 6.14. The predicted molar refractivity (Wildman–Crippen MR) is 144 cm³/mol. The number of piperidine rings is 1. The van der Waals surface area contributed by atoms with Gasteiger partial charge in [-0.25, -0.2) is 4.79 Å². The van der Waals surface area contributed by atoms with Crippen molar-refractivity contribution in [2.24, 2.45) is 0 Å². The monoisotopic (exact) mass is 532 g/mol. The molecule has 1 aliphatic rings. The average Bonchev–Trinajstić information content (AvgIpc) is 2.87. The molecule has 0 aliphatic carbocycles. The number of carbonyl (C=O) groups is 2. The van der Waals surface area contributed by atoms with Gasteiger partial charge in [0, 0.05) is 49.5 Å². The highest BCUT2D eigenvalue weighted by Gasteiger charge is 2.34. The minimum atomic E-state index is -0.599. The maximum absolute atomic E-state index is 14.0. The van der Waals surface area contributed by atoms with Gasteiger partial charge in [0.2, 0.25) is 0 Å². The lowest BCUT2D eigenvalue weighted by Gasteiger charge is -2.39. The van der Waals surface area contributed by atoms with E-state index >= 15 is 0 Å². The SMILES string of the molecule is COCCCOc1cc(C(=O)N(c2ccc(Cl)cc2)[C@@H]2CCCN(C(=O)OC(C)(C)C)C2)ccc1OC. The van der Waals surface area contributed by atoms with Gasteiger partial charge in [-0.15, -0.1) is 0 Å². The molecule has 1 heterocycles. The molecule has 37 heavy (non-hydrogen) atoms. The number of benzene rings is 2. The van der Waals surface area contributed by atoms with E-state index in [0.717, 1.165) is 12.8 Å². The van der Waals surface area contributed by atoms with Crippen LogP contribution in [0.2, 0.25) is 5.02 Å². The molecule has 2 aromatic carbocycles. The van der Waals surface area contributed by atoms with Crippen molar-refractivity contribution in [2.75, 3.05) is 45.4 Å². The molecule has 1 fully saturated rings. The smallest absolute Gasteiger partial charge is 0.410 e. The Kier molecular flexibility index (Phi) is 10.1. The van der Waals surface area contributed by atoms with Gasteiger partial charge in [-0.2, -0.15) is 0 Å². The van der Waals surface area contributed by atoms with Crippen molar-refractivity contribution >= 4 is 29.3 Å². The van der Waals surface area contributed by atoms with E-state index in [1.165, 1.54) is 0 Å². The summed E-state index contributed by atoms with van der Waals surface area (Å²) in [4.78, 5) is 30.2. The summed E-state index contributed by atoms with van der Waals surface area (Å²) in [6.07, 6.45) is 1.82. The maximum Gasteiger partial charge on any atom is 0.410 e. The first-order valence-corrected chi connectivity index (χ1v) is 12.9. The second-order valence-electron chi connectivity index (χ2n) is 9.93. The van der Waals surface area contributed by atoms with Gasteiger partial charge < -0.3 is 28.7 Å². The molecule has 0 saturated carbocycles. The number of rotatable bonds is 9. The number of ether oxygens (including phenoxy) is 4. The molecule has 202 valence electrons. The van der Waals surface area contributed by atoms with Crippen molar-refractivity contribution in [2.45, 2.75) is 51.7 Å². The number of anilines is 1. The molecule has 1 atom stereocenters. The van der Waals surface area contributed by atoms with Crippen LogP contribution in [0.3, 0.4) is 0 Å². The Labute approximate surface area is 224 Å². The minimum Gasteiger partial charge on any atom is -0.493 e. The highest BCUT2D eigenvalue weighted by atomic mass is 35.5. The second-order valence-corrected chi connectivity index (χ2v) is 10.4. The van der Waals surface area contributed by atoms with Crippen LogP contribution in [0.15, 0.2) is 42.5 Å². The van der Waals surface area contributed by atoms with Crippen LogP contribution < -0.4 is 14.4 Å². The summed E-state index contributed by atoms with van der Waals surface area (Å²) in [5.74, 6) is 0.822. The summed E-state index contributed by atoms with van der Waals surface area (Å²) < 4.78 is 22.0. The molecule has 8 nitrogen and oxygen atoms in total. The van der Waals surface area contributed by atoms with Crippen LogP contribution in [0, 0.1) is 0 Å². The molecule has 0 bridgehead atoms. The number of carbonyl (C=O) groups excluding carboxylic acids is 2. The number of likely N-dealkylation sites (tertiary alicyclic amines) is 1. The number of hydrogen-bond donors (Lipinski definition) is 0. The fourth-order valence-electron chi connectivity index (χ4n) is 4.20. The fourth-order valence-corrected chi connectivity index (χ4v) is 4.33. The van der Waals surface area contributed by atoms with Crippen molar-refractivity contribution in [3.8, 4) is 11.5 Å². The number of hydrogen-bond acceptors (Lipinski definition) is 6. The Balaban J connectivity index is 1.90. The lowest BCUT2D eigenvalue weighted by molar-refractivity contribution is 0.0196. The first kappa shape index (κ1) is 28.6. The van der Waals surface area contributed by atoms with E-state index < -0.39 is 5.60 Å². The highest BCUT2D eigenvalue weighted by Crippen LogP contribution is 2.32.